The molecule has 2 aromatic rings. The molecule has 0 saturated carbocycles. The van der Waals surface area contributed by atoms with Gasteiger partial charge in [0.05, 0.1) is 17.8 Å². The molecule has 0 amide bonds. The van der Waals surface area contributed by atoms with Crippen molar-refractivity contribution >= 4 is 5.97 Å². The molecule has 0 spiro atoms. The molecule has 1 N–H and O–H groups in total. The van der Waals surface area contributed by atoms with Crippen LogP contribution >= 0.6 is 0 Å². The van der Waals surface area contributed by atoms with Crippen LogP contribution in [0, 0.1) is 12.7 Å². The lowest BCUT2D eigenvalue weighted by molar-refractivity contribution is 0.0662. The molecule has 1 fully saturated rings. The van der Waals surface area contributed by atoms with Crippen LogP contribution in [0.1, 0.15) is 34.8 Å². The van der Waals surface area contributed by atoms with Crippen LogP contribution in [0.4, 0.5) is 4.39 Å². The van der Waals surface area contributed by atoms with Crippen molar-refractivity contribution in [3.63, 3.8) is 0 Å². The van der Waals surface area contributed by atoms with Crippen molar-refractivity contribution in [3.8, 4) is 11.1 Å². The number of carboxylic acids is 1. The van der Waals surface area contributed by atoms with Gasteiger partial charge in [-0.3, -0.25) is 4.68 Å². The van der Waals surface area contributed by atoms with Crippen LogP contribution in [0.2, 0.25) is 0 Å². The van der Waals surface area contributed by atoms with Crippen molar-refractivity contribution in [1.29, 1.82) is 0 Å². The van der Waals surface area contributed by atoms with E-state index < -0.39 is 11.8 Å². The molecule has 116 valence electrons. The zero-order chi connectivity index (χ0) is 15.7. The SMILES string of the molecule is Cc1cc(-c2cnn(C3CCOCC3)c2)cc(F)c1C(=O)O. The lowest BCUT2D eigenvalue weighted by atomic mass is 10.0. The van der Waals surface area contributed by atoms with Gasteiger partial charge in [0.15, 0.2) is 0 Å². The Labute approximate surface area is 127 Å². The summed E-state index contributed by atoms with van der Waals surface area (Å²) in [5, 5.41) is 13.4. The van der Waals surface area contributed by atoms with Crippen LogP contribution in [-0.4, -0.2) is 34.1 Å². The minimum Gasteiger partial charge on any atom is -0.478 e. The second-order valence-corrected chi connectivity index (χ2v) is 5.51. The fraction of sp³-hybridized carbons (Fsp3) is 0.375. The first-order valence-corrected chi connectivity index (χ1v) is 7.22. The van der Waals surface area contributed by atoms with Crippen LogP contribution in [-0.2, 0) is 4.74 Å². The maximum atomic E-state index is 14.0. The van der Waals surface area contributed by atoms with E-state index in [0.717, 1.165) is 31.6 Å². The lowest BCUT2D eigenvalue weighted by Crippen LogP contribution is -2.19. The molecule has 5 nitrogen and oxygen atoms in total. The summed E-state index contributed by atoms with van der Waals surface area (Å²) < 4.78 is 21.2. The summed E-state index contributed by atoms with van der Waals surface area (Å²) in [5.74, 6) is -1.97. The quantitative estimate of drug-likeness (QED) is 0.946. The largest absolute Gasteiger partial charge is 0.478 e. The van der Waals surface area contributed by atoms with Crippen LogP contribution in [0.15, 0.2) is 24.5 Å². The van der Waals surface area contributed by atoms with Gasteiger partial charge in [0.2, 0.25) is 0 Å². The first kappa shape index (κ1) is 14.7. The van der Waals surface area contributed by atoms with Gasteiger partial charge in [-0.25, -0.2) is 9.18 Å². The number of benzene rings is 1. The molecule has 0 aliphatic carbocycles. The number of ether oxygens (including phenoxy) is 1. The Morgan fingerprint density at radius 3 is 2.73 bits per heavy atom. The Hall–Kier alpha value is -2.21. The van der Waals surface area contributed by atoms with Gasteiger partial charge < -0.3 is 9.84 Å². The summed E-state index contributed by atoms with van der Waals surface area (Å²) >= 11 is 0. The van der Waals surface area contributed by atoms with Gasteiger partial charge in [-0.15, -0.1) is 0 Å². The summed E-state index contributed by atoms with van der Waals surface area (Å²) in [6, 6.07) is 3.23. The van der Waals surface area contributed by atoms with Gasteiger partial charge in [0, 0.05) is 25.0 Å². The van der Waals surface area contributed by atoms with E-state index in [2.05, 4.69) is 5.10 Å². The van der Waals surface area contributed by atoms with E-state index in [-0.39, 0.29) is 5.56 Å². The minimum absolute atomic E-state index is 0.277. The topological polar surface area (TPSA) is 64.4 Å². The van der Waals surface area contributed by atoms with E-state index in [1.807, 2.05) is 10.9 Å². The zero-order valence-corrected chi connectivity index (χ0v) is 12.3. The molecule has 0 unspecified atom stereocenters. The third kappa shape index (κ3) is 2.74. The van der Waals surface area contributed by atoms with E-state index in [1.54, 1.807) is 19.2 Å². The van der Waals surface area contributed by atoms with Gasteiger partial charge in [-0.05, 0) is 37.0 Å². The van der Waals surface area contributed by atoms with Crippen molar-refractivity contribution < 1.29 is 19.0 Å². The van der Waals surface area contributed by atoms with Crippen LogP contribution < -0.4 is 0 Å². The Morgan fingerprint density at radius 2 is 2.09 bits per heavy atom. The molecule has 2 heterocycles. The molecule has 3 rings (SSSR count). The fourth-order valence-electron chi connectivity index (χ4n) is 2.82. The monoisotopic (exact) mass is 304 g/mol. The van der Waals surface area contributed by atoms with Gasteiger partial charge in [0.25, 0.3) is 0 Å². The highest BCUT2D eigenvalue weighted by molar-refractivity contribution is 5.90. The third-order valence-corrected chi connectivity index (χ3v) is 4.00. The Balaban J connectivity index is 1.91. The van der Waals surface area contributed by atoms with Crippen molar-refractivity contribution in [2.45, 2.75) is 25.8 Å². The summed E-state index contributed by atoms with van der Waals surface area (Å²) in [4.78, 5) is 11.0. The number of rotatable bonds is 3. The molecule has 22 heavy (non-hydrogen) atoms. The van der Waals surface area contributed by atoms with Crippen LogP contribution in [0.3, 0.4) is 0 Å². The number of nitrogens with zero attached hydrogens (tertiary/aromatic N) is 2. The van der Waals surface area contributed by atoms with E-state index in [0.29, 0.717) is 17.2 Å². The number of hydrogen-bond donors (Lipinski definition) is 1. The molecule has 1 aromatic carbocycles. The van der Waals surface area contributed by atoms with Gasteiger partial charge in [-0.1, -0.05) is 6.07 Å². The maximum absolute atomic E-state index is 14.0. The smallest absolute Gasteiger partial charge is 0.338 e. The molecule has 1 aliphatic heterocycles. The molecule has 1 saturated heterocycles. The lowest BCUT2D eigenvalue weighted by Gasteiger charge is -2.22. The van der Waals surface area contributed by atoms with Crippen molar-refractivity contribution in [1.82, 2.24) is 9.78 Å². The average Bonchev–Trinajstić information content (AvgIpc) is 2.97. The zero-order valence-electron chi connectivity index (χ0n) is 12.3. The average molecular weight is 304 g/mol. The molecular weight excluding hydrogens is 287 g/mol. The van der Waals surface area contributed by atoms with Gasteiger partial charge >= 0.3 is 5.97 Å². The molecular formula is C16H17FN2O3. The standard InChI is InChI=1S/C16H17FN2O3/c1-10-6-11(7-14(17)15(10)16(20)21)12-8-18-19(9-12)13-2-4-22-5-3-13/h6-9,13H,2-5H2,1H3,(H,20,21). The number of carboxylic acid groups (broad SMARTS) is 1. The summed E-state index contributed by atoms with van der Waals surface area (Å²) in [6.07, 6.45) is 5.38. The second kappa shape index (κ2) is 5.88. The third-order valence-electron chi connectivity index (χ3n) is 4.00. The normalized spacial score (nSPS) is 15.9. The van der Waals surface area contributed by atoms with Crippen LogP contribution in [0.5, 0.6) is 0 Å². The number of aromatic nitrogens is 2. The van der Waals surface area contributed by atoms with E-state index in [1.165, 1.54) is 6.07 Å². The van der Waals surface area contributed by atoms with Crippen molar-refractivity contribution in [2.75, 3.05) is 13.2 Å². The number of hydrogen-bond acceptors (Lipinski definition) is 3. The van der Waals surface area contributed by atoms with Gasteiger partial charge in [0.1, 0.15) is 5.82 Å². The van der Waals surface area contributed by atoms with Gasteiger partial charge in [-0.2, -0.15) is 5.10 Å². The fourth-order valence-corrected chi connectivity index (χ4v) is 2.82. The first-order chi connectivity index (χ1) is 10.6. The maximum Gasteiger partial charge on any atom is 0.338 e. The summed E-state index contributed by atoms with van der Waals surface area (Å²) in [6.45, 7) is 3.04. The van der Waals surface area contributed by atoms with E-state index >= 15 is 0 Å². The molecule has 1 aliphatic rings. The van der Waals surface area contributed by atoms with Crippen molar-refractivity contribution in [3.05, 3.63) is 41.5 Å². The highest BCUT2D eigenvalue weighted by atomic mass is 19.1. The number of aryl methyl sites for hydroxylation is 1. The number of halogens is 1. The molecule has 1 aromatic heterocycles. The molecule has 0 atom stereocenters. The predicted molar refractivity (Wildman–Crippen MR) is 78.4 cm³/mol. The first-order valence-electron chi connectivity index (χ1n) is 7.22. The van der Waals surface area contributed by atoms with E-state index in [9.17, 15) is 9.18 Å². The minimum atomic E-state index is -1.25. The molecule has 0 bridgehead atoms. The van der Waals surface area contributed by atoms with E-state index in [4.69, 9.17) is 9.84 Å². The highest BCUT2D eigenvalue weighted by Gasteiger charge is 2.19. The predicted octanol–water partition coefficient (Wildman–Crippen LogP) is 3.05. The summed E-state index contributed by atoms with van der Waals surface area (Å²) in [7, 11) is 0. The highest BCUT2D eigenvalue weighted by Crippen LogP contribution is 2.27. The summed E-state index contributed by atoms with van der Waals surface area (Å²) in [5.41, 5.74) is 1.55. The number of carbonyl (C=O) groups is 1. The second-order valence-electron chi connectivity index (χ2n) is 5.51. The molecule has 6 heteroatoms. The van der Waals surface area contributed by atoms with Crippen LogP contribution in [0.25, 0.3) is 11.1 Å². The molecule has 0 radical (unpaired) electrons. The number of aromatic carboxylic acids is 1. The Morgan fingerprint density at radius 1 is 1.36 bits per heavy atom. The van der Waals surface area contributed by atoms with Crippen molar-refractivity contribution in [2.24, 2.45) is 0 Å². The Bertz CT molecular complexity index is 682. The Kier molecular flexibility index (Phi) is 3.94.